The summed E-state index contributed by atoms with van der Waals surface area (Å²) < 4.78 is 97.2. The fourth-order valence-electron chi connectivity index (χ4n) is 2.64. The van der Waals surface area contributed by atoms with Crippen molar-refractivity contribution in [3.63, 3.8) is 0 Å². The van der Waals surface area contributed by atoms with Gasteiger partial charge in [-0.2, -0.15) is 13.2 Å². The summed E-state index contributed by atoms with van der Waals surface area (Å²) in [5.74, 6) is -5.53. The number of hydrogen-bond donors (Lipinski definition) is 1. The van der Waals surface area contributed by atoms with Crippen LogP contribution in [0.15, 0.2) is 41.3 Å². The largest absolute Gasteiger partial charge is 0.481 e. The van der Waals surface area contributed by atoms with Crippen LogP contribution in [0, 0.1) is 0 Å². The van der Waals surface area contributed by atoms with Crippen molar-refractivity contribution in [1.82, 2.24) is 0 Å². The third kappa shape index (κ3) is 5.26. The summed E-state index contributed by atoms with van der Waals surface area (Å²) in [6.45, 7) is 0.916. The standard InChI is InChI=1S/C19H17F5O5S/c1-3-30(27,28)16-7-4-11(8-14(16)19(22,23)24)13-9-12(18(2,20)21)5-6-15(13)29-10-17(25)26/h4-9H,3,10H2,1-2H3,(H,25,26). The lowest BCUT2D eigenvalue weighted by Gasteiger charge is -2.18. The molecule has 0 aliphatic rings. The zero-order valence-electron chi connectivity index (χ0n) is 15.8. The van der Waals surface area contributed by atoms with Crippen molar-refractivity contribution in [3.8, 4) is 16.9 Å². The fraction of sp³-hybridized carbons (Fsp3) is 0.316. The Labute approximate surface area is 169 Å². The smallest absolute Gasteiger partial charge is 0.417 e. The number of rotatable bonds is 7. The van der Waals surface area contributed by atoms with E-state index in [-0.39, 0.29) is 16.9 Å². The highest BCUT2D eigenvalue weighted by molar-refractivity contribution is 7.91. The number of benzene rings is 2. The van der Waals surface area contributed by atoms with Crippen LogP contribution in [0.25, 0.3) is 11.1 Å². The van der Waals surface area contributed by atoms with Crippen LogP contribution in [0.3, 0.4) is 0 Å². The molecule has 11 heteroatoms. The van der Waals surface area contributed by atoms with Crippen molar-refractivity contribution in [2.75, 3.05) is 12.4 Å². The van der Waals surface area contributed by atoms with Gasteiger partial charge in [-0.3, -0.25) is 0 Å². The van der Waals surface area contributed by atoms with Gasteiger partial charge >= 0.3 is 12.1 Å². The van der Waals surface area contributed by atoms with E-state index in [1.54, 1.807) is 0 Å². The third-order valence-electron chi connectivity index (χ3n) is 4.15. The maximum absolute atomic E-state index is 13.7. The lowest BCUT2D eigenvalue weighted by Crippen LogP contribution is -2.15. The normalized spacial score (nSPS) is 12.6. The molecule has 0 spiro atoms. The first-order valence-corrected chi connectivity index (χ1v) is 10.1. The molecule has 0 aliphatic heterocycles. The number of carbonyl (C=O) groups is 1. The summed E-state index contributed by atoms with van der Waals surface area (Å²) in [6.07, 6.45) is -5.04. The van der Waals surface area contributed by atoms with Gasteiger partial charge in [0, 0.05) is 18.1 Å². The van der Waals surface area contributed by atoms with Gasteiger partial charge in [-0.15, -0.1) is 0 Å². The molecule has 0 aliphatic carbocycles. The molecule has 0 bridgehead atoms. The molecule has 0 unspecified atom stereocenters. The van der Waals surface area contributed by atoms with Crippen LogP contribution < -0.4 is 4.74 Å². The van der Waals surface area contributed by atoms with E-state index >= 15 is 0 Å². The first-order chi connectivity index (χ1) is 13.7. The Morgan fingerprint density at radius 2 is 1.70 bits per heavy atom. The number of halogens is 5. The van der Waals surface area contributed by atoms with Gasteiger partial charge in [0.25, 0.3) is 5.92 Å². The molecule has 0 radical (unpaired) electrons. The lowest BCUT2D eigenvalue weighted by molar-refractivity contribution is -0.140. The van der Waals surface area contributed by atoms with Crippen LogP contribution in [0.1, 0.15) is 25.0 Å². The second kappa shape index (κ2) is 8.21. The Kier molecular flexibility index (Phi) is 6.45. The molecule has 2 aromatic rings. The quantitative estimate of drug-likeness (QED) is 0.614. The van der Waals surface area contributed by atoms with Crippen molar-refractivity contribution in [1.29, 1.82) is 0 Å². The van der Waals surface area contributed by atoms with Crippen LogP contribution in [-0.2, 0) is 26.7 Å². The Bertz CT molecular complexity index is 1060. The average molecular weight is 452 g/mol. The molecule has 0 saturated carbocycles. The molecule has 0 amide bonds. The number of aliphatic carboxylic acids is 1. The first kappa shape index (κ1) is 23.6. The Morgan fingerprint density at radius 1 is 1.07 bits per heavy atom. The topological polar surface area (TPSA) is 80.7 Å². The SMILES string of the molecule is CCS(=O)(=O)c1ccc(-c2cc(C(C)(F)F)ccc2OCC(=O)O)cc1C(F)(F)F. The second-order valence-electron chi connectivity index (χ2n) is 6.39. The van der Waals surface area contributed by atoms with Crippen LogP contribution in [-0.4, -0.2) is 31.9 Å². The van der Waals surface area contributed by atoms with Gasteiger partial charge in [-0.1, -0.05) is 13.0 Å². The molecule has 0 heterocycles. The van der Waals surface area contributed by atoms with Crippen molar-refractivity contribution in [3.05, 3.63) is 47.5 Å². The van der Waals surface area contributed by atoms with Gasteiger partial charge in [0.05, 0.1) is 16.2 Å². The van der Waals surface area contributed by atoms with Crippen molar-refractivity contribution < 1.29 is 45.0 Å². The van der Waals surface area contributed by atoms with E-state index in [4.69, 9.17) is 9.84 Å². The summed E-state index contributed by atoms with van der Waals surface area (Å²) in [5.41, 5.74) is -2.50. The van der Waals surface area contributed by atoms with Crippen molar-refractivity contribution in [2.45, 2.75) is 30.8 Å². The molecule has 2 rings (SSSR count). The lowest BCUT2D eigenvalue weighted by atomic mass is 9.98. The minimum Gasteiger partial charge on any atom is -0.481 e. The molecule has 0 fully saturated rings. The van der Waals surface area contributed by atoms with E-state index in [2.05, 4.69) is 0 Å². The van der Waals surface area contributed by atoms with Crippen molar-refractivity contribution >= 4 is 15.8 Å². The number of alkyl halides is 5. The Morgan fingerprint density at radius 3 is 2.20 bits per heavy atom. The maximum Gasteiger partial charge on any atom is 0.417 e. The van der Waals surface area contributed by atoms with E-state index in [0.717, 1.165) is 30.3 Å². The number of carboxylic acid groups (broad SMARTS) is 1. The van der Waals surface area contributed by atoms with Gasteiger partial charge in [-0.25, -0.2) is 22.0 Å². The van der Waals surface area contributed by atoms with Crippen molar-refractivity contribution in [2.24, 2.45) is 0 Å². The third-order valence-corrected chi connectivity index (χ3v) is 5.93. The minimum absolute atomic E-state index is 0.235. The zero-order valence-corrected chi connectivity index (χ0v) is 16.6. The van der Waals surface area contributed by atoms with E-state index < -0.39 is 56.3 Å². The zero-order chi connectivity index (χ0) is 22.9. The molecule has 2 aromatic carbocycles. The van der Waals surface area contributed by atoms with Crippen LogP contribution in [0.4, 0.5) is 22.0 Å². The van der Waals surface area contributed by atoms with E-state index in [9.17, 15) is 35.2 Å². The highest BCUT2D eigenvalue weighted by Crippen LogP contribution is 2.41. The molecular formula is C19H17F5O5S. The monoisotopic (exact) mass is 452 g/mol. The van der Waals surface area contributed by atoms with Gasteiger partial charge in [0.15, 0.2) is 16.4 Å². The number of hydrogen-bond acceptors (Lipinski definition) is 4. The molecular weight excluding hydrogens is 435 g/mol. The molecule has 1 N–H and O–H groups in total. The van der Waals surface area contributed by atoms with Gasteiger partial charge in [-0.05, 0) is 35.9 Å². The number of ether oxygens (including phenoxy) is 1. The highest BCUT2D eigenvalue weighted by Gasteiger charge is 2.37. The van der Waals surface area contributed by atoms with Gasteiger partial charge in [0.1, 0.15) is 5.75 Å². The maximum atomic E-state index is 13.7. The molecule has 30 heavy (non-hydrogen) atoms. The highest BCUT2D eigenvalue weighted by atomic mass is 32.2. The number of carboxylic acids is 1. The van der Waals surface area contributed by atoms with E-state index in [1.807, 2.05) is 0 Å². The first-order valence-electron chi connectivity index (χ1n) is 8.48. The Hall–Kier alpha value is -2.69. The molecule has 0 saturated heterocycles. The summed E-state index contributed by atoms with van der Waals surface area (Å²) in [6, 6.07) is 5.15. The summed E-state index contributed by atoms with van der Waals surface area (Å²) in [4.78, 5) is 9.82. The van der Waals surface area contributed by atoms with Gasteiger partial charge < -0.3 is 9.84 Å². The van der Waals surface area contributed by atoms with E-state index in [0.29, 0.717) is 13.0 Å². The average Bonchev–Trinajstić information content (AvgIpc) is 2.64. The molecule has 0 atom stereocenters. The van der Waals surface area contributed by atoms with Crippen LogP contribution >= 0.6 is 0 Å². The number of sulfone groups is 1. The molecule has 5 nitrogen and oxygen atoms in total. The van der Waals surface area contributed by atoms with E-state index in [1.165, 1.54) is 6.92 Å². The molecule has 164 valence electrons. The summed E-state index contributed by atoms with van der Waals surface area (Å²) in [5, 5.41) is 8.76. The predicted molar refractivity (Wildman–Crippen MR) is 97.3 cm³/mol. The fourth-order valence-corrected chi connectivity index (χ4v) is 3.74. The minimum atomic E-state index is -5.04. The summed E-state index contributed by atoms with van der Waals surface area (Å²) in [7, 11) is -4.22. The molecule has 0 aromatic heterocycles. The second-order valence-corrected chi connectivity index (χ2v) is 8.64. The van der Waals surface area contributed by atoms with Crippen LogP contribution in [0.2, 0.25) is 0 Å². The predicted octanol–water partition coefficient (Wildman–Crippen LogP) is 4.74. The van der Waals surface area contributed by atoms with Crippen LogP contribution in [0.5, 0.6) is 5.75 Å². The Balaban J connectivity index is 2.76. The summed E-state index contributed by atoms with van der Waals surface area (Å²) >= 11 is 0. The van der Waals surface area contributed by atoms with Gasteiger partial charge in [0.2, 0.25) is 0 Å².